The minimum Gasteiger partial charge on any atom is -0.507 e. The van der Waals surface area contributed by atoms with Gasteiger partial charge in [0.25, 0.3) is 0 Å². The van der Waals surface area contributed by atoms with Crippen LogP contribution in [-0.2, 0) is 0 Å². The van der Waals surface area contributed by atoms with Gasteiger partial charge in [-0.15, -0.1) is 0 Å². The highest BCUT2D eigenvalue weighted by Gasteiger charge is 1.98. The van der Waals surface area contributed by atoms with Gasteiger partial charge >= 0.3 is 0 Å². The van der Waals surface area contributed by atoms with E-state index < -0.39 is 4.92 Å². The Labute approximate surface area is 75.3 Å². The van der Waals surface area contributed by atoms with Gasteiger partial charge in [-0.1, -0.05) is 11.6 Å². The van der Waals surface area contributed by atoms with Crippen LogP contribution in [0.25, 0.3) is 6.08 Å². The first kappa shape index (κ1) is 9.25. The number of phenolic OH excluding ortho intramolecular Hbond substituents is 1. The van der Waals surface area contributed by atoms with Crippen LogP contribution in [0.15, 0.2) is 24.4 Å². The van der Waals surface area contributed by atoms with Gasteiger partial charge in [0.05, 0.1) is 4.92 Å². The van der Waals surface area contributed by atoms with Gasteiger partial charge in [0.2, 0.25) is 6.20 Å². The molecule has 0 aromatic heterocycles. The molecule has 1 aromatic carbocycles. The van der Waals surface area contributed by atoms with Gasteiger partial charge in [-0.25, -0.2) is 0 Å². The van der Waals surface area contributed by atoms with E-state index in [0.717, 1.165) is 11.8 Å². The molecule has 68 valence electrons. The number of aromatic hydroxyl groups is 1. The quantitative estimate of drug-likeness (QED) is 0.557. The highest BCUT2D eigenvalue weighted by atomic mass is 16.6. The molecule has 0 aliphatic rings. The third-order valence-corrected chi connectivity index (χ3v) is 1.56. The molecule has 0 radical (unpaired) electrons. The molecule has 4 heteroatoms. The largest absolute Gasteiger partial charge is 0.507 e. The first-order chi connectivity index (χ1) is 6.09. The van der Waals surface area contributed by atoms with E-state index in [4.69, 9.17) is 0 Å². The summed E-state index contributed by atoms with van der Waals surface area (Å²) in [5, 5.41) is 19.3. The van der Waals surface area contributed by atoms with Crippen LogP contribution in [0.1, 0.15) is 11.1 Å². The van der Waals surface area contributed by atoms with Crippen LogP contribution in [0.3, 0.4) is 0 Å². The first-order valence-corrected chi connectivity index (χ1v) is 3.71. The van der Waals surface area contributed by atoms with Crippen LogP contribution in [0.2, 0.25) is 0 Å². The highest BCUT2D eigenvalue weighted by molar-refractivity contribution is 5.56. The van der Waals surface area contributed by atoms with Gasteiger partial charge in [-0.2, -0.15) is 0 Å². The Bertz CT molecular complexity index is 358. The zero-order valence-corrected chi connectivity index (χ0v) is 7.10. The summed E-state index contributed by atoms with van der Waals surface area (Å²) < 4.78 is 0. The average Bonchev–Trinajstić information content (AvgIpc) is 2.06. The number of hydrogen-bond donors (Lipinski definition) is 1. The molecule has 0 fully saturated rings. The molecular formula is C9H9NO3. The van der Waals surface area contributed by atoms with Crippen molar-refractivity contribution in [3.05, 3.63) is 45.6 Å². The first-order valence-electron chi connectivity index (χ1n) is 3.71. The van der Waals surface area contributed by atoms with E-state index in [2.05, 4.69) is 0 Å². The summed E-state index contributed by atoms with van der Waals surface area (Å²) in [4.78, 5) is 9.44. The Morgan fingerprint density at radius 2 is 2.23 bits per heavy atom. The Morgan fingerprint density at radius 3 is 2.85 bits per heavy atom. The summed E-state index contributed by atoms with van der Waals surface area (Å²) in [6.45, 7) is 1.85. The van der Waals surface area contributed by atoms with Crippen molar-refractivity contribution in [3.8, 4) is 5.75 Å². The molecule has 0 bridgehead atoms. The minimum absolute atomic E-state index is 0.0451. The molecule has 0 unspecified atom stereocenters. The second kappa shape index (κ2) is 3.71. The normalized spacial score (nSPS) is 10.5. The monoisotopic (exact) mass is 179 g/mol. The number of rotatable bonds is 2. The van der Waals surface area contributed by atoms with E-state index in [-0.39, 0.29) is 5.75 Å². The smallest absolute Gasteiger partial charge is 0.235 e. The maximum Gasteiger partial charge on any atom is 0.235 e. The number of hydrogen-bond acceptors (Lipinski definition) is 3. The predicted molar refractivity (Wildman–Crippen MR) is 48.9 cm³/mol. The number of nitrogens with zero attached hydrogens (tertiary/aromatic N) is 1. The lowest BCUT2D eigenvalue weighted by atomic mass is 10.1. The lowest BCUT2D eigenvalue weighted by Crippen LogP contribution is -1.83. The van der Waals surface area contributed by atoms with Crippen LogP contribution >= 0.6 is 0 Å². The summed E-state index contributed by atoms with van der Waals surface area (Å²) in [6, 6.07) is 4.92. The Kier molecular flexibility index (Phi) is 2.64. The van der Waals surface area contributed by atoms with E-state index in [1.165, 1.54) is 12.1 Å². The molecule has 0 saturated heterocycles. The van der Waals surface area contributed by atoms with Gasteiger partial charge in [0, 0.05) is 11.6 Å². The van der Waals surface area contributed by atoms with Gasteiger partial charge in [0.1, 0.15) is 5.75 Å². The molecule has 1 N–H and O–H groups in total. The second-order valence-corrected chi connectivity index (χ2v) is 2.66. The molecule has 0 heterocycles. The molecule has 0 aliphatic carbocycles. The van der Waals surface area contributed by atoms with Crippen molar-refractivity contribution in [1.82, 2.24) is 0 Å². The lowest BCUT2D eigenvalue weighted by molar-refractivity contribution is -0.400. The standard InChI is InChI=1S/C9H9NO3/c1-7-2-3-9(11)8(6-7)4-5-10(12)13/h2-6,11H,1H3. The van der Waals surface area contributed by atoms with Crippen LogP contribution in [0.5, 0.6) is 5.75 Å². The molecule has 13 heavy (non-hydrogen) atoms. The van der Waals surface area contributed by atoms with Crippen LogP contribution in [0, 0.1) is 17.0 Å². The summed E-state index contributed by atoms with van der Waals surface area (Å²) >= 11 is 0. The summed E-state index contributed by atoms with van der Waals surface area (Å²) in [5.41, 5.74) is 1.40. The molecule has 1 aromatic rings. The van der Waals surface area contributed by atoms with Crippen molar-refractivity contribution in [2.24, 2.45) is 0 Å². The fourth-order valence-corrected chi connectivity index (χ4v) is 0.949. The van der Waals surface area contributed by atoms with Crippen molar-refractivity contribution in [3.63, 3.8) is 0 Å². The number of aryl methyl sites for hydroxylation is 1. The Balaban J connectivity index is 3.00. The molecule has 0 spiro atoms. The van der Waals surface area contributed by atoms with Crippen LogP contribution < -0.4 is 0 Å². The molecule has 0 amide bonds. The number of benzene rings is 1. The second-order valence-electron chi connectivity index (χ2n) is 2.66. The van der Waals surface area contributed by atoms with Crippen LogP contribution in [-0.4, -0.2) is 10.0 Å². The topological polar surface area (TPSA) is 63.4 Å². The van der Waals surface area contributed by atoms with Crippen LogP contribution in [0.4, 0.5) is 0 Å². The molecule has 0 saturated carbocycles. The van der Waals surface area contributed by atoms with Gasteiger partial charge in [-0.3, -0.25) is 10.1 Å². The molecule has 1 rings (SSSR count). The third-order valence-electron chi connectivity index (χ3n) is 1.56. The van der Waals surface area contributed by atoms with E-state index in [1.54, 1.807) is 12.1 Å². The third kappa shape index (κ3) is 2.59. The highest BCUT2D eigenvalue weighted by Crippen LogP contribution is 2.19. The van der Waals surface area contributed by atoms with Crippen molar-refractivity contribution in [1.29, 1.82) is 0 Å². The van der Waals surface area contributed by atoms with E-state index in [1.807, 2.05) is 6.92 Å². The summed E-state index contributed by atoms with van der Waals surface area (Å²) in [6.07, 6.45) is 2.07. The van der Waals surface area contributed by atoms with Gasteiger partial charge in [0.15, 0.2) is 0 Å². The Morgan fingerprint density at radius 1 is 1.54 bits per heavy atom. The molecule has 0 aliphatic heterocycles. The SMILES string of the molecule is Cc1ccc(O)c(C=C[N+](=O)[O-])c1. The number of phenols is 1. The zero-order chi connectivity index (χ0) is 9.84. The fourth-order valence-electron chi connectivity index (χ4n) is 0.949. The summed E-state index contributed by atoms with van der Waals surface area (Å²) in [5.74, 6) is 0.0451. The average molecular weight is 179 g/mol. The van der Waals surface area contributed by atoms with E-state index >= 15 is 0 Å². The number of nitro groups is 1. The van der Waals surface area contributed by atoms with Crippen molar-refractivity contribution >= 4 is 6.08 Å². The zero-order valence-electron chi connectivity index (χ0n) is 7.10. The van der Waals surface area contributed by atoms with Gasteiger partial charge < -0.3 is 5.11 Å². The fraction of sp³-hybridized carbons (Fsp3) is 0.111. The minimum atomic E-state index is -0.568. The van der Waals surface area contributed by atoms with Crippen molar-refractivity contribution < 1.29 is 10.0 Å². The van der Waals surface area contributed by atoms with Crippen molar-refractivity contribution in [2.75, 3.05) is 0 Å². The van der Waals surface area contributed by atoms with Gasteiger partial charge in [-0.05, 0) is 19.1 Å². The summed E-state index contributed by atoms with van der Waals surface area (Å²) in [7, 11) is 0. The Hall–Kier alpha value is -1.84. The molecular weight excluding hydrogens is 170 g/mol. The molecule has 0 atom stereocenters. The van der Waals surface area contributed by atoms with E-state index in [0.29, 0.717) is 5.56 Å². The lowest BCUT2D eigenvalue weighted by Gasteiger charge is -1.98. The van der Waals surface area contributed by atoms with Crippen molar-refractivity contribution in [2.45, 2.75) is 6.92 Å². The van der Waals surface area contributed by atoms with E-state index in [9.17, 15) is 15.2 Å². The maximum absolute atomic E-state index is 10.0. The molecule has 4 nitrogen and oxygen atoms in total. The maximum atomic E-state index is 10.0. The predicted octanol–water partition coefficient (Wildman–Crippen LogP) is 1.95.